The highest BCUT2D eigenvalue weighted by Crippen LogP contribution is 2.31. The number of halogens is 2. The van der Waals surface area contributed by atoms with Crippen LogP contribution in [0.15, 0.2) is 40.9 Å². The molecule has 0 bridgehead atoms. The third-order valence-electron chi connectivity index (χ3n) is 3.28. The van der Waals surface area contributed by atoms with E-state index in [1.165, 1.54) is 24.3 Å². The molecule has 0 aliphatic heterocycles. The molecule has 0 atom stereocenters. The lowest BCUT2D eigenvalue weighted by Gasteiger charge is -2.20. The molecule has 0 spiro atoms. The molecule has 0 heterocycles. The monoisotopic (exact) mass is 365 g/mol. The second-order valence-corrected chi connectivity index (χ2v) is 6.98. The average molecular weight is 366 g/mol. The van der Waals surface area contributed by atoms with Crippen LogP contribution in [-0.2, 0) is 5.41 Å². The maximum atomic E-state index is 13.7. The first-order valence-electron chi connectivity index (χ1n) is 6.78. The van der Waals surface area contributed by atoms with Crippen molar-refractivity contribution in [2.75, 3.05) is 5.32 Å². The highest BCUT2D eigenvalue weighted by molar-refractivity contribution is 9.10. The Bertz CT molecular complexity index is 723. The summed E-state index contributed by atoms with van der Waals surface area (Å²) in [4.78, 5) is 12.2. The number of nitrogens with one attached hydrogen (secondary N) is 1. The van der Waals surface area contributed by atoms with Crippen molar-refractivity contribution in [3.63, 3.8) is 0 Å². The van der Waals surface area contributed by atoms with Crippen molar-refractivity contribution in [3.05, 3.63) is 57.8 Å². The highest BCUT2D eigenvalue weighted by atomic mass is 79.9. The van der Waals surface area contributed by atoms with E-state index >= 15 is 0 Å². The number of phenols is 1. The lowest BCUT2D eigenvalue weighted by molar-refractivity contribution is 0.102. The molecule has 2 rings (SSSR count). The van der Waals surface area contributed by atoms with Gasteiger partial charge in [0, 0.05) is 4.47 Å². The van der Waals surface area contributed by atoms with Gasteiger partial charge in [-0.05, 0) is 41.3 Å². The summed E-state index contributed by atoms with van der Waals surface area (Å²) in [6.07, 6.45) is 0. The van der Waals surface area contributed by atoms with Crippen molar-refractivity contribution in [2.24, 2.45) is 0 Å². The Hall–Kier alpha value is -1.88. The molecule has 0 saturated carbocycles. The summed E-state index contributed by atoms with van der Waals surface area (Å²) in [5, 5.41) is 12.5. The van der Waals surface area contributed by atoms with E-state index in [0.717, 1.165) is 5.56 Å². The van der Waals surface area contributed by atoms with Gasteiger partial charge in [-0.15, -0.1) is 0 Å². The minimum Gasteiger partial charge on any atom is -0.506 e. The molecule has 116 valence electrons. The number of aromatic hydroxyl groups is 1. The highest BCUT2D eigenvalue weighted by Gasteiger charge is 2.18. The fourth-order valence-electron chi connectivity index (χ4n) is 1.96. The Kier molecular flexibility index (Phi) is 4.56. The zero-order valence-electron chi connectivity index (χ0n) is 12.6. The Morgan fingerprint density at radius 2 is 1.86 bits per heavy atom. The van der Waals surface area contributed by atoms with Crippen LogP contribution >= 0.6 is 15.9 Å². The minimum absolute atomic E-state index is 0.0586. The van der Waals surface area contributed by atoms with Gasteiger partial charge in [0.15, 0.2) is 0 Å². The molecule has 0 fully saturated rings. The normalized spacial score (nSPS) is 11.3. The molecule has 1 amide bonds. The van der Waals surface area contributed by atoms with Crippen molar-refractivity contribution in [2.45, 2.75) is 26.2 Å². The Labute approximate surface area is 137 Å². The van der Waals surface area contributed by atoms with Crippen LogP contribution in [0.2, 0.25) is 0 Å². The second kappa shape index (κ2) is 6.08. The van der Waals surface area contributed by atoms with Crippen molar-refractivity contribution >= 4 is 27.5 Å². The van der Waals surface area contributed by atoms with Crippen LogP contribution in [0.25, 0.3) is 0 Å². The van der Waals surface area contributed by atoms with E-state index in [2.05, 4.69) is 21.2 Å². The molecule has 22 heavy (non-hydrogen) atoms. The lowest BCUT2D eigenvalue weighted by Crippen LogP contribution is -2.16. The van der Waals surface area contributed by atoms with Crippen molar-refractivity contribution in [1.82, 2.24) is 0 Å². The minimum atomic E-state index is -0.618. The van der Waals surface area contributed by atoms with Gasteiger partial charge in [-0.2, -0.15) is 0 Å². The molecule has 0 saturated heterocycles. The molecule has 3 nitrogen and oxygen atoms in total. The third-order valence-corrected chi connectivity index (χ3v) is 3.78. The third kappa shape index (κ3) is 3.65. The molecule has 0 aliphatic carbocycles. The van der Waals surface area contributed by atoms with E-state index in [4.69, 9.17) is 0 Å². The molecule has 0 unspecified atom stereocenters. The number of phenolic OH excluding ortho intramolecular Hbond substituents is 1. The Morgan fingerprint density at radius 3 is 2.50 bits per heavy atom. The first kappa shape index (κ1) is 16.5. The van der Waals surface area contributed by atoms with Crippen LogP contribution < -0.4 is 5.32 Å². The zero-order chi connectivity index (χ0) is 16.5. The van der Waals surface area contributed by atoms with E-state index in [-0.39, 0.29) is 22.4 Å². The molecular weight excluding hydrogens is 349 g/mol. The standard InChI is InChI=1S/C17H17BrFNO2/c1-17(2,3)10-4-7-15(21)14(8-10)20-16(22)12-9-11(18)5-6-13(12)19/h4-9,21H,1-3H3,(H,20,22). The van der Waals surface area contributed by atoms with Crippen molar-refractivity contribution < 1.29 is 14.3 Å². The summed E-state index contributed by atoms with van der Waals surface area (Å²) >= 11 is 3.21. The van der Waals surface area contributed by atoms with Crippen LogP contribution in [0.3, 0.4) is 0 Å². The predicted molar refractivity (Wildman–Crippen MR) is 88.9 cm³/mol. The molecule has 2 aromatic carbocycles. The first-order chi connectivity index (χ1) is 10.2. The maximum absolute atomic E-state index is 13.7. The predicted octanol–water partition coefficient (Wildman–Crippen LogP) is 4.84. The summed E-state index contributed by atoms with van der Waals surface area (Å²) in [5.74, 6) is -1.29. The lowest BCUT2D eigenvalue weighted by atomic mass is 9.87. The largest absolute Gasteiger partial charge is 0.506 e. The van der Waals surface area contributed by atoms with E-state index in [9.17, 15) is 14.3 Å². The summed E-state index contributed by atoms with van der Waals surface area (Å²) in [7, 11) is 0. The van der Waals surface area contributed by atoms with Crippen LogP contribution in [0.5, 0.6) is 5.75 Å². The van der Waals surface area contributed by atoms with E-state index < -0.39 is 11.7 Å². The van der Waals surface area contributed by atoms with Crippen molar-refractivity contribution in [1.29, 1.82) is 0 Å². The van der Waals surface area contributed by atoms with Gasteiger partial charge >= 0.3 is 0 Å². The molecule has 2 N–H and O–H groups in total. The zero-order valence-corrected chi connectivity index (χ0v) is 14.2. The van der Waals surface area contributed by atoms with Crippen LogP contribution in [-0.4, -0.2) is 11.0 Å². The van der Waals surface area contributed by atoms with Gasteiger partial charge in [-0.3, -0.25) is 4.79 Å². The van der Waals surface area contributed by atoms with Gasteiger partial charge in [-0.25, -0.2) is 4.39 Å². The number of carbonyl (C=O) groups excluding carboxylic acids is 1. The van der Waals surface area contributed by atoms with Crippen molar-refractivity contribution in [3.8, 4) is 5.75 Å². The molecule has 0 aromatic heterocycles. The summed E-state index contributed by atoms with van der Waals surface area (Å²) in [6.45, 7) is 6.08. The number of hydrogen-bond donors (Lipinski definition) is 2. The number of benzene rings is 2. The van der Waals surface area contributed by atoms with Gasteiger partial charge in [0.2, 0.25) is 0 Å². The molecule has 0 radical (unpaired) electrons. The number of amides is 1. The smallest absolute Gasteiger partial charge is 0.258 e. The second-order valence-electron chi connectivity index (χ2n) is 6.06. The van der Waals surface area contributed by atoms with Gasteiger partial charge < -0.3 is 10.4 Å². The Balaban J connectivity index is 2.34. The van der Waals surface area contributed by atoms with Gasteiger partial charge in [-0.1, -0.05) is 42.8 Å². The van der Waals surface area contributed by atoms with E-state index in [1.54, 1.807) is 12.1 Å². The maximum Gasteiger partial charge on any atom is 0.258 e. The van der Waals surface area contributed by atoms with Gasteiger partial charge in [0.25, 0.3) is 5.91 Å². The number of anilines is 1. The van der Waals surface area contributed by atoms with Gasteiger partial charge in [0.1, 0.15) is 11.6 Å². The van der Waals surface area contributed by atoms with E-state index in [0.29, 0.717) is 4.47 Å². The first-order valence-corrected chi connectivity index (χ1v) is 7.57. The summed E-state index contributed by atoms with van der Waals surface area (Å²) in [5.41, 5.74) is 0.996. The number of carbonyl (C=O) groups is 1. The van der Waals surface area contributed by atoms with Crippen LogP contribution in [0, 0.1) is 5.82 Å². The summed E-state index contributed by atoms with van der Waals surface area (Å²) in [6, 6.07) is 9.14. The molecule has 0 aliphatic rings. The fraction of sp³-hybridized carbons (Fsp3) is 0.235. The van der Waals surface area contributed by atoms with Crippen LogP contribution in [0.4, 0.5) is 10.1 Å². The van der Waals surface area contributed by atoms with Gasteiger partial charge in [0.05, 0.1) is 11.3 Å². The van der Waals surface area contributed by atoms with E-state index in [1.807, 2.05) is 20.8 Å². The molecular formula is C17H17BrFNO2. The SMILES string of the molecule is CC(C)(C)c1ccc(O)c(NC(=O)c2cc(Br)ccc2F)c1. The number of rotatable bonds is 2. The quantitative estimate of drug-likeness (QED) is 0.747. The molecule has 5 heteroatoms. The Morgan fingerprint density at radius 1 is 1.18 bits per heavy atom. The topological polar surface area (TPSA) is 49.3 Å². The average Bonchev–Trinajstić information content (AvgIpc) is 2.42. The van der Waals surface area contributed by atoms with Crippen LogP contribution in [0.1, 0.15) is 36.7 Å². The number of hydrogen-bond acceptors (Lipinski definition) is 2. The fourth-order valence-corrected chi connectivity index (χ4v) is 2.32. The summed E-state index contributed by atoms with van der Waals surface area (Å²) < 4.78 is 14.4. The molecule has 2 aromatic rings.